The van der Waals surface area contributed by atoms with Gasteiger partial charge in [-0.2, -0.15) is 0 Å². The Labute approximate surface area is 152 Å². The van der Waals surface area contributed by atoms with E-state index in [9.17, 15) is 0 Å². The molecule has 1 nitrogen and oxygen atoms in total. The van der Waals surface area contributed by atoms with E-state index in [0.717, 1.165) is 6.42 Å². The predicted octanol–water partition coefficient (Wildman–Crippen LogP) is 3.84. The average Bonchev–Trinajstić information content (AvgIpc) is 2.65. The molecule has 2 heteroatoms. The molecule has 0 amide bonds. The summed E-state index contributed by atoms with van der Waals surface area (Å²) in [5.74, 6) is 0. The molecule has 0 saturated carbocycles. The van der Waals surface area contributed by atoms with Gasteiger partial charge in [0.05, 0.1) is 0 Å². The summed E-state index contributed by atoms with van der Waals surface area (Å²) in [6.07, 6.45) is 0.998. The van der Waals surface area contributed by atoms with Crippen LogP contribution in [0.15, 0.2) is 91.0 Å². The molecule has 0 atom stereocenters. The van der Waals surface area contributed by atoms with E-state index in [0.29, 0.717) is 6.54 Å². The molecule has 0 heterocycles. The van der Waals surface area contributed by atoms with Crippen LogP contribution in [0.3, 0.4) is 0 Å². The molecule has 0 aromatic heterocycles. The summed E-state index contributed by atoms with van der Waals surface area (Å²) >= 11 is 0. The number of hydrogen-bond donors (Lipinski definition) is 1. The summed E-state index contributed by atoms with van der Waals surface area (Å²) in [7, 11) is -2.25. The Balaban J connectivity index is 2.40. The second kappa shape index (κ2) is 7.52. The van der Waals surface area contributed by atoms with Crippen molar-refractivity contribution in [2.45, 2.75) is 25.4 Å². The van der Waals surface area contributed by atoms with Gasteiger partial charge in [-0.05, 0) is 0 Å². The molecule has 0 aliphatic carbocycles. The van der Waals surface area contributed by atoms with E-state index in [-0.39, 0.29) is 5.16 Å². The van der Waals surface area contributed by atoms with Gasteiger partial charge in [-0.25, -0.2) is 0 Å². The number of hydrogen-bond acceptors (Lipinski definition) is 1. The predicted molar refractivity (Wildman–Crippen MR) is 114 cm³/mol. The van der Waals surface area contributed by atoms with Crippen LogP contribution in [0.5, 0.6) is 0 Å². The van der Waals surface area contributed by atoms with E-state index in [2.05, 4.69) is 105 Å². The van der Waals surface area contributed by atoms with Gasteiger partial charge < -0.3 is 0 Å². The number of nitrogens with two attached hydrogens (primary N) is 1. The van der Waals surface area contributed by atoms with Crippen LogP contribution in [-0.4, -0.2) is 11.7 Å². The summed E-state index contributed by atoms with van der Waals surface area (Å²) in [6.45, 7) is 5.51. The van der Waals surface area contributed by atoms with E-state index in [1.165, 1.54) is 15.9 Å². The monoisotopic (exact) mass is 349 g/mol. The Morgan fingerprint density at radius 2 is 0.960 bits per heavy atom. The van der Waals surface area contributed by atoms with Crippen molar-refractivity contribution in [3.8, 4) is 0 Å². The first-order chi connectivity index (χ1) is 12.1. The summed E-state index contributed by atoms with van der Waals surface area (Å²) in [5.41, 5.74) is 6.07. The van der Waals surface area contributed by atoms with Gasteiger partial charge in [-0.1, -0.05) is 0 Å². The normalized spacial score (nSPS) is 12.8. The van der Waals surface area contributed by atoms with Crippen LogP contribution in [0, 0.1) is 0 Å². The van der Waals surface area contributed by atoms with Crippen molar-refractivity contribution in [2.24, 2.45) is 5.73 Å². The van der Waals surface area contributed by atoms with Crippen LogP contribution < -0.4 is 21.6 Å². The molecule has 0 aliphatic rings. The first kappa shape index (κ1) is 17.9. The van der Waals surface area contributed by atoms with Crippen molar-refractivity contribution in [3.05, 3.63) is 91.0 Å². The molecule has 3 aromatic rings. The third kappa shape index (κ3) is 3.15. The third-order valence-electron chi connectivity index (χ3n) is 5.40. The molecule has 0 fully saturated rings. The van der Waals surface area contributed by atoms with Crippen molar-refractivity contribution in [1.29, 1.82) is 0 Å². The Hall–Kier alpha value is -1.95. The third-order valence-corrected chi connectivity index (χ3v) is 11.3. The Bertz CT molecular complexity index is 685. The molecule has 0 radical (unpaired) electrons. The zero-order valence-corrected chi connectivity index (χ0v) is 16.2. The second-order valence-corrected chi connectivity index (χ2v) is 11.9. The van der Waals surface area contributed by atoms with Gasteiger partial charge in [0, 0.05) is 0 Å². The van der Waals surface area contributed by atoms with Crippen LogP contribution >= 0.6 is 7.26 Å². The molecule has 2 N–H and O–H groups in total. The first-order valence-corrected chi connectivity index (χ1v) is 11.0. The summed E-state index contributed by atoms with van der Waals surface area (Å²) in [5, 5.41) is 4.44. The Kier molecular flexibility index (Phi) is 5.37. The molecule has 0 spiro atoms. The van der Waals surface area contributed by atoms with Crippen LogP contribution in [0.4, 0.5) is 0 Å². The Morgan fingerprint density at radius 3 is 1.24 bits per heavy atom. The fraction of sp³-hybridized carbons (Fsp3) is 0.217. The minimum atomic E-state index is -2.25. The maximum atomic E-state index is 6.07. The molecule has 130 valence electrons. The van der Waals surface area contributed by atoms with Crippen molar-refractivity contribution in [2.75, 3.05) is 6.54 Å². The minimum absolute atomic E-state index is 0.0891. The number of benzene rings is 3. The second-order valence-electron chi connectivity index (χ2n) is 7.27. The Morgan fingerprint density at radius 1 is 0.640 bits per heavy atom. The molecular weight excluding hydrogens is 321 g/mol. The van der Waals surface area contributed by atoms with Crippen molar-refractivity contribution >= 4 is 23.2 Å². The molecule has 0 unspecified atom stereocenters. The topological polar surface area (TPSA) is 26.0 Å². The fourth-order valence-electron chi connectivity index (χ4n) is 4.29. The maximum absolute atomic E-state index is 6.07. The van der Waals surface area contributed by atoms with Gasteiger partial charge in [0.2, 0.25) is 0 Å². The average molecular weight is 349 g/mol. The van der Waals surface area contributed by atoms with Crippen LogP contribution in [-0.2, 0) is 0 Å². The van der Waals surface area contributed by atoms with E-state index in [4.69, 9.17) is 5.73 Å². The summed E-state index contributed by atoms with van der Waals surface area (Å²) in [4.78, 5) is 0. The first-order valence-electron chi connectivity index (χ1n) is 8.99. The van der Waals surface area contributed by atoms with E-state index in [1.54, 1.807) is 0 Å². The van der Waals surface area contributed by atoms with E-state index in [1.807, 2.05) is 0 Å². The molecule has 0 aliphatic heterocycles. The molecule has 3 rings (SSSR count). The zero-order chi connectivity index (χ0) is 17.8. The van der Waals surface area contributed by atoms with E-state index < -0.39 is 7.26 Å². The molecule has 0 saturated heterocycles. The van der Waals surface area contributed by atoms with Crippen LogP contribution in [0.25, 0.3) is 0 Å². The van der Waals surface area contributed by atoms with Gasteiger partial charge in [0.1, 0.15) is 0 Å². The molecule has 0 bridgehead atoms. The van der Waals surface area contributed by atoms with Crippen molar-refractivity contribution < 1.29 is 0 Å². The van der Waals surface area contributed by atoms with Crippen LogP contribution in [0.1, 0.15) is 20.3 Å². The SMILES string of the molecule is CC(C)(CCN)[PH](c1ccccc1)(c1ccccc1)c1ccccc1. The van der Waals surface area contributed by atoms with Gasteiger partial charge in [0.15, 0.2) is 0 Å². The van der Waals surface area contributed by atoms with Crippen molar-refractivity contribution in [3.63, 3.8) is 0 Å². The summed E-state index contributed by atoms with van der Waals surface area (Å²) < 4.78 is 0. The zero-order valence-electron chi connectivity index (χ0n) is 15.2. The quantitative estimate of drug-likeness (QED) is 0.672. The van der Waals surface area contributed by atoms with Gasteiger partial charge in [0.25, 0.3) is 0 Å². The van der Waals surface area contributed by atoms with Gasteiger partial charge in [-0.3, -0.25) is 0 Å². The molecular formula is C23H28NP. The molecule has 25 heavy (non-hydrogen) atoms. The van der Waals surface area contributed by atoms with Gasteiger partial charge >= 0.3 is 152 Å². The standard InChI is InChI=1S/C23H28NP/c1-23(2,18-19-24)25(20-12-6-3-7-13-20,21-14-8-4-9-15-21)22-16-10-5-11-17-22/h3-17,25H,18-19,24H2,1-2H3. The fourth-order valence-corrected chi connectivity index (χ4v) is 10.2. The van der Waals surface area contributed by atoms with Gasteiger partial charge in [-0.15, -0.1) is 0 Å². The molecule has 3 aromatic carbocycles. The summed E-state index contributed by atoms with van der Waals surface area (Å²) in [6, 6.07) is 33.2. The van der Waals surface area contributed by atoms with Crippen LogP contribution in [0.2, 0.25) is 0 Å². The number of rotatable bonds is 6. The van der Waals surface area contributed by atoms with E-state index >= 15 is 0 Å². The van der Waals surface area contributed by atoms with Crippen molar-refractivity contribution in [1.82, 2.24) is 0 Å².